The number of carbonyl (C=O) groups excluding carboxylic acids is 1. The molecule has 0 aliphatic carbocycles. The van der Waals surface area contributed by atoms with E-state index in [1.807, 2.05) is 4.90 Å². The molecule has 8 nitrogen and oxygen atoms in total. The highest BCUT2D eigenvalue weighted by atomic mass is 16.5. The summed E-state index contributed by atoms with van der Waals surface area (Å²) in [5, 5.41) is 12.4. The summed E-state index contributed by atoms with van der Waals surface area (Å²) in [6.45, 7) is 5.10. The lowest BCUT2D eigenvalue weighted by Gasteiger charge is -2.33. The molecule has 0 atom stereocenters. The first-order chi connectivity index (χ1) is 9.54. The van der Waals surface area contributed by atoms with Crippen LogP contribution in [-0.2, 0) is 22.6 Å². The summed E-state index contributed by atoms with van der Waals surface area (Å²) in [5.74, 6) is 0.122. The van der Waals surface area contributed by atoms with Crippen molar-refractivity contribution in [3.63, 3.8) is 0 Å². The molecule has 1 saturated heterocycles. The van der Waals surface area contributed by atoms with E-state index in [2.05, 4.69) is 15.0 Å². The Morgan fingerprint density at radius 3 is 2.60 bits per heavy atom. The molecule has 1 aliphatic heterocycles. The number of hydrogen-bond acceptors (Lipinski definition) is 6. The van der Waals surface area contributed by atoms with Gasteiger partial charge < -0.3 is 14.5 Å². The molecule has 1 fully saturated rings. The molecule has 1 N–H and O–H groups in total. The van der Waals surface area contributed by atoms with E-state index >= 15 is 0 Å². The van der Waals surface area contributed by atoms with Crippen molar-refractivity contribution in [3.8, 4) is 0 Å². The number of carboxylic acid groups (broad SMARTS) is 1. The minimum Gasteiger partial charge on any atom is -0.481 e. The van der Waals surface area contributed by atoms with Crippen molar-refractivity contribution < 1.29 is 19.2 Å². The highest BCUT2D eigenvalue weighted by Gasteiger charge is 2.20. The largest absolute Gasteiger partial charge is 0.481 e. The Labute approximate surface area is 116 Å². The predicted octanol–water partition coefficient (Wildman–Crippen LogP) is -0.249. The van der Waals surface area contributed by atoms with Gasteiger partial charge in [-0.1, -0.05) is 5.16 Å². The highest BCUT2D eigenvalue weighted by molar-refractivity contribution is 5.73. The molecule has 0 spiro atoms. The summed E-state index contributed by atoms with van der Waals surface area (Å²) in [4.78, 5) is 29.8. The summed E-state index contributed by atoms with van der Waals surface area (Å²) in [6.07, 6.45) is 0.235. The Bertz CT molecular complexity index is 480. The van der Waals surface area contributed by atoms with Crippen LogP contribution in [0.3, 0.4) is 0 Å². The molecule has 110 valence electrons. The number of carbonyl (C=O) groups is 2. The molecule has 1 aromatic rings. The van der Waals surface area contributed by atoms with Gasteiger partial charge >= 0.3 is 5.97 Å². The summed E-state index contributed by atoms with van der Waals surface area (Å²) >= 11 is 0. The number of carboxylic acids is 1. The van der Waals surface area contributed by atoms with Crippen molar-refractivity contribution in [1.29, 1.82) is 0 Å². The van der Waals surface area contributed by atoms with Crippen LogP contribution >= 0.6 is 0 Å². The molecule has 0 bridgehead atoms. The minimum atomic E-state index is -0.884. The topological polar surface area (TPSA) is 99.8 Å². The first-order valence-electron chi connectivity index (χ1n) is 6.55. The van der Waals surface area contributed by atoms with Crippen LogP contribution in [0.1, 0.15) is 25.1 Å². The normalized spacial score (nSPS) is 16.4. The van der Waals surface area contributed by atoms with Gasteiger partial charge in [-0.3, -0.25) is 14.5 Å². The quantitative estimate of drug-likeness (QED) is 0.794. The van der Waals surface area contributed by atoms with E-state index in [4.69, 9.17) is 9.63 Å². The molecule has 20 heavy (non-hydrogen) atoms. The maximum absolute atomic E-state index is 11.2. The molecule has 2 rings (SSSR count). The van der Waals surface area contributed by atoms with Gasteiger partial charge in [0.25, 0.3) is 0 Å². The van der Waals surface area contributed by atoms with Crippen LogP contribution in [0.5, 0.6) is 0 Å². The Kier molecular flexibility index (Phi) is 4.67. The van der Waals surface area contributed by atoms with Crippen LogP contribution < -0.4 is 0 Å². The van der Waals surface area contributed by atoms with Gasteiger partial charge in [-0.15, -0.1) is 0 Å². The fraction of sp³-hybridized carbons (Fsp3) is 0.667. The number of amides is 1. The van der Waals surface area contributed by atoms with Gasteiger partial charge in [0, 0.05) is 39.5 Å². The SMILES string of the molecule is CC(=O)N1CCN(Cc2noc(CCC(=O)O)n2)CC1. The average Bonchev–Trinajstić information content (AvgIpc) is 2.84. The van der Waals surface area contributed by atoms with Crippen LogP contribution in [0.25, 0.3) is 0 Å². The molecule has 0 saturated carbocycles. The molecule has 1 amide bonds. The van der Waals surface area contributed by atoms with Crippen LogP contribution in [-0.4, -0.2) is 63.1 Å². The Hall–Kier alpha value is -1.96. The minimum absolute atomic E-state index is 0.0150. The van der Waals surface area contributed by atoms with Gasteiger partial charge in [-0.05, 0) is 0 Å². The summed E-state index contributed by atoms with van der Waals surface area (Å²) in [5.41, 5.74) is 0. The Balaban J connectivity index is 1.79. The highest BCUT2D eigenvalue weighted by Crippen LogP contribution is 2.07. The molecule has 0 unspecified atom stereocenters. The first kappa shape index (κ1) is 14.4. The van der Waals surface area contributed by atoms with E-state index < -0.39 is 5.97 Å². The second kappa shape index (κ2) is 6.47. The second-order valence-corrected chi connectivity index (χ2v) is 4.78. The zero-order valence-corrected chi connectivity index (χ0v) is 11.4. The first-order valence-corrected chi connectivity index (χ1v) is 6.55. The van der Waals surface area contributed by atoms with Crippen molar-refractivity contribution >= 4 is 11.9 Å². The Morgan fingerprint density at radius 2 is 2.00 bits per heavy atom. The lowest BCUT2D eigenvalue weighted by atomic mass is 10.3. The van der Waals surface area contributed by atoms with E-state index in [1.165, 1.54) is 0 Å². The Morgan fingerprint density at radius 1 is 1.30 bits per heavy atom. The maximum Gasteiger partial charge on any atom is 0.303 e. The average molecular weight is 282 g/mol. The van der Waals surface area contributed by atoms with E-state index in [9.17, 15) is 9.59 Å². The molecule has 1 aliphatic rings. The van der Waals surface area contributed by atoms with Gasteiger partial charge in [0.15, 0.2) is 5.82 Å². The zero-order valence-electron chi connectivity index (χ0n) is 11.4. The van der Waals surface area contributed by atoms with Gasteiger partial charge in [-0.25, -0.2) is 0 Å². The number of rotatable bonds is 5. The van der Waals surface area contributed by atoms with E-state index in [-0.39, 0.29) is 18.7 Å². The van der Waals surface area contributed by atoms with E-state index in [1.54, 1.807) is 6.92 Å². The van der Waals surface area contributed by atoms with Crippen molar-refractivity contribution in [2.45, 2.75) is 26.3 Å². The molecule has 2 heterocycles. The number of aromatic nitrogens is 2. The van der Waals surface area contributed by atoms with E-state index in [0.29, 0.717) is 31.3 Å². The number of aryl methyl sites for hydroxylation is 1. The second-order valence-electron chi connectivity index (χ2n) is 4.78. The summed E-state index contributed by atoms with van der Waals surface area (Å²) < 4.78 is 5.00. The monoisotopic (exact) mass is 282 g/mol. The molecule has 1 aromatic heterocycles. The third-order valence-corrected chi connectivity index (χ3v) is 3.25. The van der Waals surface area contributed by atoms with Crippen molar-refractivity contribution in [3.05, 3.63) is 11.7 Å². The molecule has 0 radical (unpaired) electrons. The van der Waals surface area contributed by atoms with Crippen LogP contribution in [0.4, 0.5) is 0 Å². The smallest absolute Gasteiger partial charge is 0.303 e. The van der Waals surface area contributed by atoms with Crippen LogP contribution in [0.15, 0.2) is 4.52 Å². The fourth-order valence-electron chi connectivity index (χ4n) is 2.09. The molecular formula is C12H18N4O4. The number of hydrogen-bond donors (Lipinski definition) is 1. The van der Waals surface area contributed by atoms with Crippen LogP contribution in [0, 0.1) is 0 Å². The third-order valence-electron chi connectivity index (χ3n) is 3.25. The van der Waals surface area contributed by atoms with Crippen molar-refractivity contribution in [1.82, 2.24) is 19.9 Å². The maximum atomic E-state index is 11.2. The molecule has 8 heteroatoms. The standard InChI is InChI=1S/C12H18N4O4/c1-9(17)16-6-4-15(5-7-16)8-10-13-11(20-14-10)2-3-12(18)19/h2-8H2,1H3,(H,18,19). The van der Waals surface area contributed by atoms with Crippen molar-refractivity contribution in [2.75, 3.05) is 26.2 Å². The third kappa shape index (κ3) is 4.02. The number of nitrogens with zero attached hydrogens (tertiary/aromatic N) is 4. The number of piperazine rings is 1. The number of aliphatic carboxylic acids is 1. The van der Waals surface area contributed by atoms with E-state index in [0.717, 1.165) is 13.1 Å². The van der Waals surface area contributed by atoms with Gasteiger partial charge in [0.2, 0.25) is 11.8 Å². The zero-order chi connectivity index (χ0) is 14.5. The van der Waals surface area contributed by atoms with Gasteiger partial charge in [-0.2, -0.15) is 4.98 Å². The van der Waals surface area contributed by atoms with Crippen molar-refractivity contribution in [2.24, 2.45) is 0 Å². The predicted molar refractivity (Wildman–Crippen MR) is 67.8 cm³/mol. The van der Waals surface area contributed by atoms with Gasteiger partial charge in [0.05, 0.1) is 13.0 Å². The summed E-state index contributed by atoms with van der Waals surface area (Å²) in [7, 11) is 0. The summed E-state index contributed by atoms with van der Waals surface area (Å²) in [6, 6.07) is 0. The van der Waals surface area contributed by atoms with Gasteiger partial charge in [0.1, 0.15) is 0 Å². The van der Waals surface area contributed by atoms with Crippen LogP contribution in [0.2, 0.25) is 0 Å². The lowest BCUT2D eigenvalue weighted by molar-refractivity contribution is -0.137. The fourth-order valence-corrected chi connectivity index (χ4v) is 2.09. The lowest BCUT2D eigenvalue weighted by Crippen LogP contribution is -2.47. The molecular weight excluding hydrogens is 264 g/mol. The molecule has 0 aromatic carbocycles.